The summed E-state index contributed by atoms with van der Waals surface area (Å²) in [7, 11) is 0. The maximum atomic E-state index is 13.0. The second kappa shape index (κ2) is 41.4. The Morgan fingerprint density at radius 3 is 1.57 bits per heavy atom. The summed E-state index contributed by atoms with van der Waals surface area (Å²) >= 11 is 0. The van der Waals surface area contributed by atoms with Crippen LogP contribution in [0.4, 0.5) is 0 Å². The number of nitrogens with one attached hydrogen (secondary N) is 1. The van der Waals surface area contributed by atoms with Crippen molar-refractivity contribution in [2.45, 2.75) is 224 Å². The van der Waals surface area contributed by atoms with Crippen molar-refractivity contribution in [1.29, 1.82) is 0 Å². The normalized spacial score (nSPS) is 21.2. The molecule has 0 saturated carbocycles. The molecule has 1 fully saturated rings. The smallest absolute Gasteiger partial charge is 0.220 e. The highest BCUT2D eigenvalue weighted by molar-refractivity contribution is 5.76. The Balaban J connectivity index is 2.37. The summed E-state index contributed by atoms with van der Waals surface area (Å²) in [6.45, 7) is 3.61. The van der Waals surface area contributed by atoms with E-state index in [-0.39, 0.29) is 12.5 Å². The van der Waals surface area contributed by atoms with Crippen LogP contribution >= 0.6 is 0 Å². The van der Waals surface area contributed by atoms with Gasteiger partial charge in [0.2, 0.25) is 5.91 Å². The van der Waals surface area contributed by atoms with Gasteiger partial charge < -0.3 is 40.3 Å². The first-order valence-corrected chi connectivity index (χ1v) is 24.3. The molecule has 0 aromatic rings. The van der Waals surface area contributed by atoms with Crippen molar-refractivity contribution in [1.82, 2.24) is 5.32 Å². The van der Waals surface area contributed by atoms with E-state index in [4.69, 9.17) is 9.47 Å². The van der Waals surface area contributed by atoms with E-state index in [1.54, 1.807) is 6.08 Å². The first-order chi connectivity index (χ1) is 29.8. The minimum atomic E-state index is -1.58. The molecule has 0 aromatic carbocycles. The zero-order chi connectivity index (χ0) is 44.4. The first-order valence-electron chi connectivity index (χ1n) is 24.3. The Bertz CT molecular complexity index is 1220. The predicted molar refractivity (Wildman–Crippen MR) is 253 cm³/mol. The number of rotatable bonds is 39. The lowest BCUT2D eigenvalue weighted by molar-refractivity contribution is -0.302. The zero-order valence-electron chi connectivity index (χ0n) is 38.4. The minimum Gasteiger partial charge on any atom is -0.394 e. The van der Waals surface area contributed by atoms with Gasteiger partial charge in [-0.1, -0.05) is 176 Å². The maximum absolute atomic E-state index is 13.0. The Hall–Kier alpha value is -2.63. The second-order valence-corrected chi connectivity index (χ2v) is 16.5. The van der Waals surface area contributed by atoms with Crippen LogP contribution in [-0.2, 0) is 14.3 Å². The molecule has 1 heterocycles. The molecule has 1 saturated heterocycles. The molecular weight excluding hydrogens is 767 g/mol. The number of aliphatic hydroxyl groups excluding tert-OH is 5. The van der Waals surface area contributed by atoms with Gasteiger partial charge in [0.1, 0.15) is 24.4 Å². The van der Waals surface area contributed by atoms with Gasteiger partial charge in [0.25, 0.3) is 0 Å². The highest BCUT2D eigenvalue weighted by Crippen LogP contribution is 2.22. The van der Waals surface area contributed by atoms with Gasteiger partial charge in [-0.05, 0) is 83.5 Å². The Morgan fingerprint density at radius 1 is 0.574 bits per heavy atom. The largest absolute Gasteiger partial charge is 0.394 e. The van der Waals surface area contributed by atoms with Crippen molar-refractivity contribution < 1.29 is 39.8 Å². The van der Waals surface area contributed by atoms with Crippen LogP contribution in [0.25, 0.3) is 0 Å². The van der Waals surface area contributed by atoms with Crippen LogP contribution < -0.4 is 5.32 Å². The molecule has 9 nitrogen and oxygen atoms in total. The third kappa shape index (κ3) is 31.8. The molecule has 350 valence electrons. The lowest BCUT2D eigenvalue weighted by Gasteiger charge is -2.40. The van der Waals surface area contributed by atoms with Crippen molar-refractivity contribution in [3.63, 3.8) is 0 Å². The fraction of sp³-hybridized carbons (Fsp3) is 0.712. The molecule has 61 heavy (non-hydrogen) atoms. The SMILES string of the molecule is CC/C=C\C/C=C\C/C=C\C/C=C\CCCCCCCCCCC(=O)NC(COC1OC(CO)C(O)C(O)C1O)C(O)/C=C/CC/C=C/CC/C=C/CCCCCCCCC. The number of hydrogen-bond donors (Lipinski definition) is 6. The molecule has 0 spiro atoms. The topological polar surface area (TPSA) is 149 Å². The summed E-state index contributed by atoms with van der Waals surface area (Å²) in [5.74, 6) is -0.204. The Morgan fingerprint density at radius 2 is 1.03 bits per heavy atom. The molecule has 0 radical (unpaired) electrons. The summed E-state index contributed by atoms with van der Waals surface area (Å²) in [6.07, 6.45) is 50.5. The van der Waals surface area contributed by atoms with Gasteiger partial charge in [-0.3, -0.25) is 4.79 Å². The third-order valence-electron chi connectivity index (χ3n) is 10.9. The van der Waals surface area contributed by atoms with Gasteiger partial charge in [-0.25, -0.2) is 0 Å². The van der Waals surface area contributed by atoms with Gasteiger partial charge in [0.05, 0.1) is 25.4 Å². The molecule has 0 aliphatic carbocycles. The fourth-order valence-corrected chi connectivity index (χ4v) is 7.06. The Labute approximate surface area is 371 Å². The van der Waals surface area contributed by atoms with Crippen molar-refractivity contribution in [2.24, 2.45) is 0 Å². The molecule has 6 N–H and O–H groups in total. The van der Waals surface area contributed by atoms with Crippen LogP contribution in [0.1, 0.15) is 181 Å². The number of hydrogen-bond acceptors (Lipinski definition) is 8. The van der Waals surface area contributed by atoms with Gasteiger partial charge in [0, 0.05) is 6.42 Å². The standard InChI is InChI=1S/C52H89NO8/c1-3-5-7-9-11-13-15-17-19-21-22-23-24-26-28-30-32-34-36-38-40-42-48(56)53-45(44-60-52-51(59)50(58)49(57)47(43-54)61-52)46(55)41-39-37-35-33-31-29-27-25-20-18-16-14-12-10-8-6-4-2/h5,7,11,13,17,19-20,22-23,25,31,33,39,41,45-47,49-52,54-55,57-59H,3-4,6,8-10,12,14-16,18,21,24,26-30,32,34-38,40,42-44H2,1-2H3,(H,53,56)/b7-5-,13-11-,19-17-,23-22-,25-20+,33-31+,41-39+. The van der Waals surface area contributed by atoms with E-state index >= 15 is 0 Å². The van der Waals surface area contributed by atoms with E-state index in [0.717, 1.165) is 89.9 Å². The monoisotopic (exact) mass is 856 g/mol. The van der Waals surface area contributed by atoms with Crippen molar-refractivity contribution in [2.75, 3.05) is 13.2 Å². The second-order valence-electron chi connectivity index (χ2n) is 16.5. The van der Waals surface area contributed by atoms with Crippen molar-refractivity contribution in [3.8, 4) is 0 Å². The summed E-state index contributed by atoms with van der Waals surface area (Å²) in [5, 5.41) is 54.2. The molecule has 9 heteroatoms. The zero-order valence-corrected chi connectivity index (χ0v) is 38.4. The molecule has 0 bridgehead atoms. The number of allylic oxidation sites excluding steroid dienone is 13. The number of ether oxygens (including phenoxy) is 2. The van der Waals surface area contributed by atoms with Crippen LogP contribution in [0.5, 0.6) is 0 Å². The van der Waals surface area contributed by atoms with Crippen LogP contribution in [-0.4, -0.2) is 87.5 Å². The highest BCUT2D eigenvalue weighted by atomic mass is 16.7. The van der Waals surface area contributed by atoms with E-state index in [0.29, 0.717) is 6.42 Å². The highest BCUT2D eigenvalue weighted by Gasteiger charge is 2.44. The molecule has 7 atom stereocenters. The lowest BCUT2D eigenvalue weighted by atomic mass is 9.99. The summed E-state index contributed by atoms with van der Waals surface area (Å²) in [4.78, 5) is 13.0. The number of amides is 1. The number of carbonyl (C=O) groups is 1. The third-order valence-corrected chi connectivity index (χ3v) is 10.9. The van der Waals surface area contributed by atoms with Crippen LogP contribution in [0.3, 0.4) is 0 Å². The lowest BCUT2D eigenvalue weighted by Crippen LogP contribution is -2.60. The average molecular weight is 856 g/mol. The average Bonchev–Trinajstić information content (AvgIpc) is 3.26. The molecule has 1 amide bonds. The number of aliphatic hydroxyl groups is 5. The molecular formula is C52H89NO8. The summed E-state index contributed by atoms with van der Waals surface area (Å²) in [6, 6.07) is -0.837. The first kappa shape index (κ1) is 56.4. The summed E-state index contributed by atoms with van der Waals surface area (Å²) in [5.41, 5.74) is 0. The maximum Gasteiger partial charge on any atom is 0.220 e. The van der Waals surface area contributed by atoms with Crippen molar-refractivity contribution in [3.05, 3.63) is 85.1 Å². The predicted octanol–water partition coefficient (Wildman–Crippen LogP) is 10.7. The van der Waals surface area contributed by atoms with E-state index in [1.807, 2.05) is 6.08 Å². The van der Waals surface area contributed by atoms with Crippen LogP contribution in [0.15, 0.2) is 85.1 Å². The summed E-state index contributed by atoms with van der Waals surface area (Å²) < 4.78 is 11.2. The van der Waals surface area contributed by atoms with E-state index in [9.17, 15) is 30.3 Å². The van der Waals surface area contributed by atoms with Gasteiger partial charge in [-0.15, -0.1) is 0 Å². The van der Waals surface area contributed by atoms with E-state index < -0.39 is 49.5 Å². The van der Waals surface area contributed by atoms with Crippen LogP contribution in [0, 0.1) is 0 Å². The van der Waals surface area contributed by atoms with E-state index in [1.165, 1.54) is 70.6 Å². The number of unbranched alkanes of at least 4 members (excludes halogenated alkanes) is 17. The van der Waals surface area contributed by atoms with Gasteiger partial charge in [0.15, 0.2) is 6.29 Å². The van der Waals surface area contributed by atoms with Crippen molar-refractivity contribution >= 4 is 5.91 Å². The molecule has 1 aliphatic heterocycles. The molecule has 1 rings (SSSR count). The van der Waals surface area contributed by atoms with Gasteiger partial charge in [-0.2, -0.15) is 0 Å². The minimum absolute atomic E-state index is 0.204. The Kier molecular flexibility index (Phi) is 38.3. The molecule has 0 aromatic heterocycles. The van der Waals surface area contributed by atoms with E-state index in [2.05, 4.69) is 92.1 Å². The number of carbonyl (C=O) groups excluding carboxylic acids is 1. The quantitative estimate of drug-likeness (QED) is 0.0264. The molecule has 1 aliphatic rings. The fourth-order valence-electron chi connectivity index (χ4n) is 7.06. The van der Waals surface area contributed by atoms with Gasteiger partial charge >= 0.3 is 0 Å². The molecule has 7 unspecified atom stereocenters. The van der Waals surface area contributed by atoms with Crippen LogP contribution in [0.2, 0.25) is 0 Å².